The van der Waals surface area contributed by atoms with Gasteiger partial charge in [0, 0.05) is 40.6 Å². The molecule has 4 aromatic carbocycles. The first-order chi connectivity index (χ1) is 20.9. The van der Waals surface area contributed by atoms with E-state index in [0.717, 1.165) is 15.4 Å². The molecule has 0 saturated carbocycles. The molecule has 4 rings (SSSR count). The van der Waals surface area contributed by atoms with Crippen LogP contribution in [0.3, 0.4) is 0 Å². The van der Waals surface area contributed by atoms with Crippen molar-refractivity contribution in [1.29, 1.82) is 0 Å². The van der Waals surface area contributed by atoms with Gasteiger partial charge < -0.3 is 10.2 Å². The smallest absolute Gasteiger partial charge is 0.264 e. The van der Waals surface area contributed by atoms with Gasteiger partial charge in [-0.3, -0.25) is 13.9 Å². The minimum absolute atomic E-state index is 0.0121. The number of nitrogens with zero attached hydrogens (tertiary/aromatic N) is 2. The standard InChI is InChI=1S/C33H32Cl3N3O4S/c1-22-12-15-26(16-13-22)44(42,43)39(30-17-14-25(34)18-23(30)2)21-32(40)38(20-27-28(35)10-7-11-29(27)36)31(33(41)37-3)19-24-8-5-4-6-9-24/h4-18,31H,19-21H2,1-3H3,(H,37,41). The van der Waals surface area contributed by atoms with E-state index in [1.54, 1.807) is 55.5 Å². The summed E-state index contributed by atoms with van der Waals surface area (Å²) < 4.78 is 29.4. The minimum Gasteiger partial charge on any atom is -0.357 e. The molecule has 0 aliphatic heterocycles. The first-order valence-electron chi connectivity index (χ1n) is 13.8. The van der Waals surface area contributed by atoms with Gasteiger partial charge in [-0.15, -0.1) is 0 Å². The Labute approximate surface area is 273 Å². The Balaban J connectivity index is 1.84. The lowest BCUT2D eigenvalue weighted by atomic mass is 10.0. The van der Waals surface area contributed by atoms with Gasteiger partial charge in [-0.2, -0.15) is 0 Å². The van der Waals surface area contributed by atoms with Crippen molar-refractivity contribution < 1.29 is 18.0 Å². The molecule has 0 fully saturated rings. The molecule has 44 heavy (non-hydrogen) atoms. The summed E-state index contributed by atoms with van der Waals surface area (Å²) in [6, 6.07) is 24.3. The summed E-state index contributed by atoms with van der Waals surface area (Å²) in [7, 11) is -2.76. The predicted octanol–water partition coefficient (Wildman–Crippen LogP) is 6.85. The molecule has 1 atom stereocenters. The number of hydrogen-bond donors (Lipinski definition) is 1. The summed E-state index contributed by atoms with van der Waals surface area (Å²) in [6.45, 7) is 2.82. The number of sulfonamides is 1. The normalized spacial score (nSPS) is 12.0. The van der Waals surface area contributed by atoms with E-state index in [9.17, 15) is 18.0 Å². The number of amides is 2. The largest absolute Gasteiger partial charge is 0.357 e. The second kappa shape index (κ2) is 14.5. The van der Waals surface area contributed by atoms with Crippen LogP contribution in [0.4, 0.5) is 5.69 Å². The van der Waals surface area contributed by atoms with E-state index in [0.29, 0.717) is 26.2 Å². The molecule has 0 aromatic heterocycles. The van der Waals surface area contributed by atoms with Crippen LogP contribution in [0.1, 0.15) is 22.3 Å². The Morgan fingerprint density at radius 2 is 1.48 bits per heavy atom. The maximum atomic E-state index is 14.4. The number of hydrogen-bond acceptors (Lipinski definition) is 4. The molecule has 0 radical (unpaired) electrons. The van der Waals surface area contributed by atoms with Crippen molar-refractivity contribution in [2.45, 2.75) is 37.8 Å². The van der Waals surface area contributed by atoms with Crippen molar-refractivity contribution in [1.82, 2.24) is 10.2 Å². The molecule has 1 N–H and O–H groups in total. The Bertz CT molecular complexity index is 1730. The SMILES string of the molecule is CNC(=O)C(Cc1ccccc1)N(Cc1c(Cl)cccc1Cl)C(=O)CN(c1ccc(Cl)cc1C)S(=O)(=O)c1ccc(C)cc1. The van der Waals surface area contributed by atoms with E-state index in [1.807, 2.05) is 37.3 Å². The number of carbonyl (C=O) groups is 2. The van der Waals surface area contributed by atoms with Crippen LogP contribution in [0.15, 0.2) is 95.9 Å². The lowest BCUT2D eigenvalue weighted by Crippen LogP contribution is -2.53. The Morgan fingerprint density at radius 3 is 2.07 bits per heavy atom. The number of carbonyl (C=O) groups excluding carboxylic acids is 2. The number of rotatable bonds is 11. The van der Waals surface area contributed by atoms with E-state index in [1.165, 1.54) is 24.1 Å². The zero-order valence-electron chi connectivity index (χ0n) is 24.4. The number of halogens is 3. The van der Waals surface area contributed by atoms with Gasteiger partial charge in [-0.25, -0.2) is 8.42 Å². The van der Waals surface area contributed by atoms with Crippen molar-refractivity contribution >= 4 is 62.3 Å². The number of benzene rings is 4. The lowest BCUT2D eigenvalue weighted by molar-refractivity contribution is -0.139. The average Bonchev–Trinajstić information content (AvgIpc) is 2.99. The highest BCUT2D eigenvalue weighted by Gasteiger charge is 2.35. The summed E-state index contributed by atoms with van der Waals surface area (Å²) >= 11 is 19.2. The summed E-state index contributed by atoms with van der Waals surface area (Å²) in [4.78, 5) is 29.2. The minimum atomic E-state index is -4.24. The maximum Gasteiger partial charge on any atom is 0.264 e. The van der Waals surface area contributed by atoms with Crippen molar-refractivity contribution in [3.8, 4) is 0 Å². The fraction of sp³-hybridized carbons (Fsp3) is 0.212. The van der Waals surface area contributed by atoms with Crippen LogP contribution in [0.25, 0.3) is 0 Å². The molecule has 7 nitrogen and oxygen atoms in total. The third-order valence-corrected chi connectivity index (χ3v) is 9.94. The van der Waals surface area contributed by atoms with Crippen LogP contribution >= 0.6 is 34.8 Å². The molecule has 0 heterocycles. The second-order valence-electron chi connectivity index (χ2n) is 10.3. The molecule has 2 amide bonds. The van der Waals surface area contributed by atoms with Crippen molar-refractivity contribution in [3.05, 3.63) is 128 Å². The second-order valence-corrected chi connectivity index (χ2v) is 13.4. The molecule has 0 bridgehead atoms. The quantitative estimate of drug-likeness (QED) is 0.189. The number of likely N-dealkylation sites (N-methyl/N-ethyl adjacent to an activating group) is 1. The van der Waals surface area contributed by atoms with Crippen LogP contribution in [-0.2, 0) is 32.6 Å². The molecule has 11 heteroatoms. The van der Waals surface area contributed by atoms with Crippen LogP contribution in [0.2, 0.25) is 15.1 Å². The zero-order valence-corrected chi connectivity index (χ0v) is 27.5. The molecule has 0 aliphatic rings. The van der Waals surface area contributed by atoms with E-state index >= 15 is 0 Å². The summed E-state index contributed by atoms with van der Waals surface area (Å²) in [5, 5.41) is 3.69. The van der Waals surface area contributed by atoms with Crippen LogP contribution in [0, 0.1) is 13.8 Å². The number of anilines is 1. The van der Waals surface area contributed by atoms with Gasteiger partial charge in [0.05, 0.1) is 10.6 Å². The highest BCUT2D eigenvalue weighted by Crippen LogP contribution is 2.31. The maximum absolute atomic E-state index is 14.4. The molecule has 230 valence electrons. The number of nitrogens with one attached hydrogen (secondary N) is 1. The van der Waals surface area contributed by atoms with Gasteiger partial charge in [0.2, 0.25) is 11.8 Å². The fourth-order valence-electron chi connectivity index (χ4n) is 4.82. The van der Waals surface area contributed by atoms with Gasteiger partial charge in [0.15, 0.2) is 0 Å². The Kier molecular flexibility index (Phi) is 11.0. The third-order valence-electron chi connectivity index (χ3n) is 7.22. The van der Waals surface area contributed by atoms with Crippen molar-refractivity contribution in [3.63, 3.8) is 0 Å². The molecule has 1 unspecified atom stereocenters. The molecular formula is C33H32Cl3N3O4S. The predicted molar refractivity (Wildman–Crippen MR) is 177 cm³/mol. The van der Waals surface area contributed by atoms with Crippen LogP contribution in [-0.4, -0.2) is 44.8 Å². The molecule has 0 saturated heterocycles. The van der Waals surface area contributed by atoms with Gasteiger partial charge in [-0.1, -0.05) is 88.9 Å². The summed E-state index contributed by atoms with van der Waals surface area (Å²) in [5.74, 6) is -1.06. The van der Waals surface area contributed by atoms with E-state index in [4.69, 9.17) is 34.8 Å². The van der Waals surface area contributed by atoms with Gasteiger partial charge in [0.25, 0.3) is 10.0 Å². The molecular weight excluding hydrogens is 641 g/mol. The monoisotopic (exact) mass is 671 g/mol. The topological polar surface area (TPSA) is 86.8 Å². The highest BCUT2D eigenvalue weighted by molar-refractivity contribution is 7.92. The Morgan fingerprint density at radius 1 is 0.841 bits per heavy atom. The van der Waals surface area contributed by atoms with Gasteiger partial charge in [0.1, 0.15) is 12.6 Å². The van der Waals surface area contributed by atoms with Crippen LogP contribution in [0.5, 0.6) is 0 Å². The van der Waals surface area contributed by atoms with Gasteiger partial charge >= 0.3 is 0 Å². The summed E-state index contributed by atoms with van der Waals surface area (Å²) in [6.07, 6.45) is 0.166. The molecule has 0 aliphatic carbocycles. The fourth-order valence-corrected chi connectivity index (χ4v) is 7.05. The first kappa shape index (κ1) is 33.3. The van der Waals surface area contributed by atoms with Crippen molar-refractivity contribution in [2.75, 3.05) is 17.9 Å². The van der Waals surface area contributed by atoms with Gasteiger partial charge in [-0.05, 0) is 67.4 Å². The van der Waals surface area contributed by atoms with E-state index in [-0.39, 0.29) is 23.5 Å². The third kappa shape index (κ3) is 7.74. The average molecular weight is 673 g/mol. The summed E-state index contributed by atoms with van der Waals surface area (Å²) in [5.41, 5.74) is 2.95. The number of aryl methyl sites for hydroxylation is 2. The zero-order chi connectivity index (χ0) is 32.0. The molecule has 4 aromatic rings. The van der Waals surface area contributed by atoms with E-state index < -0.39 is 34.4 Å². The first-order valence-corrected chi connectivity index (χ1v) is 16.3. The Hall–Kier alpha value is -3.56. The van der Waals surface area contributed by atoms with E-state index in [2.05, 4.69) is 5.32 Å². The van der Waals surface area contributed by atoms with Crippen LogP contribution < -0.4 is 9.62 Å². The lowest BCUT2D eigenvalue weighted by Gasteiger charge is -2.34. The highest BCUT2D eigenvalue weighted by atomic mass is 35.5. The molecule has 0 spiro atoms. The van der Waals surface area contributed by atoms with Crippen molar-refractivity contribution in [2.24, 2.45) is 0 Å².